The fraction of sp³-hybridized carbons (Fsp3) is 0.0588. The zero-order valence-electron chi connectivity index (χ0n) is 25.3. The molecule has 5 aromatic carbocycles. The molecule has 0 unspecified atom stereocenters. The number of fused-ring (bicyclic) bond motifs is 4. The number of benzene rings is 5. The van der Waals surface area contributed by atoms with Crippen LogP contribution in [0.1, 0.15) is 11.1 Å². The van der Waals surface area contributed by atoms with Crippen molar-refractivity contribution in [2.45, 2.75) is 6.42 Å². The number of hydrogen-bond donors (Lipinski definition) is 3. The van der Waals surface area contributed by atoms with Gasteiger partial charge in [0.2, 0.25) is 0 Å². The van der Waals surface area contributed by atoms with Crippen LogP contribution in [-0.2, 0) is 32.0 Å². The summed E-state index contributed by atoms with van der Waals surface area (Å²) in [5, 5.41) is 32.8. The van der Waals surface area contributed by atoms with Gasteiger partial charge < -0.3 is 37.7 Å². The quantitative estimate of drug-likeness (QED) is 0.145. The number of aromatic hydroxyl groups is 3. The van der Waals surface area contributed by atoms with Crippen LogP contribution in [0.15, 0.2) is 96.0 Å². The van der Waals surface area contributed by atoms with E-state index in [4.69, 9.17) is 4.18 Å². The number of phenols is 3. The number of rotatable bonds is 9. The smallest absolute Gasteiger partial charge is 0.262 e. The Hall–Kier alpha value is -5.94. The molecule has 3 N–H and O–H groups in total. The highest BCUT2D eigenvalue weighted by Crippen LogP contribution is 2.46. The van der Waals surface area contributed by atoms with Crippen molar-refractivity contribution < 1.29 is 54.4 Å². The summed E-state index contributed by atoms with van der Waals surface area (Å²) in [6.45, 7) is 0.0123. The Morgan fingerprint density at radius 1 is 0.720 bits per heavy atom. The van der Waals surface area contributed by atoms with Gasteiger partial charge in [0.15, 0.2) is 11.5 Å². The molecule has 0 saturated heterocycles. The van der Waals surface area contributed by atoms with Gasteiger partial charge in [-0.3, -0.25) is 4.79 Å². The zero-order chi connectivity index (χ0) is 35.5. The van der Waals surface area contributed by atoms with E-state index in [9.17, 15) is 46.1 Å². The molecule has 7 rings (SSSR count). The maximum absolute atomic E-state index is 14.6. The van der Waals surface area contributed by atoms with Gasteiger partial charge in [0.1, 0.15) is 28.3 Å². The largest absolute Gasteiger partial charge is 0.716 e. The molecule has 2 heterocycles. The van der Waals surface area contributed by atoms with Crippen molar-refractivity contribution in [3.8, 4) is 39.9 Å². The van der Waals surface area contributed by atoms with Gasteiger partial charge in [-0.05, 0) is 65.6 Å². The van der Waals surface area contributed by atoms with Gasteiger partial charge in [-0.2, -0.15) is 0 Å². The number of carbonyl (C=O) groups is 1. The molecular formula is C34H22N2O12S2-2. The van der Waals surface area contributed by atoms with Gasteiger partial charge in [-0.1, -0.05) is 48.5 Å². The first-order valence-electron chi connectivity index (χ1n) is 14.6. The molecule has 254 valence electrons. The summed E-state index contributed by atoms with van der Waals surface area (Å²) in [5.41, 5.74) is 1.94. The molecule has 2 aliphatic rings. The van der Waals surface area contributed by atoms with Crippen LogP contribution in [0, 0.1) is 10.4 Å². The van der Waals surface area contributed by atoms with Crippen LogP contribution in [0.25, 0.3) is 16.7 Å². The Morgan fingerprint density at radius 2 is 1.32 bits per heavy atom. The normalized spacial score (nSPS) is 13.4. The standard InChI is InChI=1S/C34H24N2O12S2/c37-21-10-6-19(7-11-21)26-29-28-24-2-1-3-25(48-50(44,45)46)30(24)35-31(28)33(39)27(20-8-12-22(38)13-9-20)32(29)36(34(26)40)17-16-18-4-14-23(15-5-18)47-49(41,42)43/h1-15,37-39H,16-17H2,(H,41,42,43)(H,44,45,46)/p-2. The number of nitrogens with zero attached hydrogens (tertiary/aromatic N) is 2. The molecule has 0 spiro atoms. The van der Waals surface area contributed by atoms with Gasteiger partial charge in [-0.15, -0.1) is 0 Å². The molecule has 0 fully saturated rings. The van der Waals surface area contributed by atoms with E-state index in [1.54, 1.807) is 6.07 Å². The number of amides is 1. The minimum atomic E-state index is -5.22. The molecule has 14 nitrogen and oxygen atoms in total. The second-order valence-corrected chi connectivity index (χ2v) is 13.2. The Kier molecular flexibility index (Phi) is 7.75. The molecule has 16 heteroatoms. The summed E-state index contributed by atoms with van der Waals surface area (Å²) in [6, 6.07) is 21.6. The van der Waals surface area contributed by atoms with Crippen LogP contribution in [0.5, 0.6) is 28.7 Å². The Balaban J connectivity index is 1.52. The fourth-order valence-electron chi connectivity index (χ4n) is 6.15. The van der Waals surface area contributed by atoms with Gasteiger partial charge in [0.05, 0.1) is 16.8 Å². The van der Waals surface area contributed by atoms with Crippen LogP contribution < -0.4 is 23.8 Å². The van der Waals surface area contributed by atoms with E-state index in [2.05, 4.69) is 9.18 Å². The molecule has 5 aromatic rings. The molecule has 0 aromatic heterocycles. The predicted octanol–water partition coefficient (Wildman–Crippen LogP) is 2.49. The molecule has 0 bridgehead atoms. The maximum Gasteiger partial charge on any atom is 0.262 e. The lowest BCUT2D eigenvalue weighted by molar-refractivity contribution is -0.113. The van der Waals surface area contributed by atoms with Crippen molar-refractivity contribution >= 4 is 43.7 Å². The molecule has 2 aliphatic heterocycles. The van der Waals surface area contributed by atoms with Crippen molar-refractivity contribution in [3.63, 3.8) is 0 Å². The van der Waals surface area contributed by atoms with E-state index < -0.39 is 32.5 Å². The van der Waals surface area contributed by atoms with E-state index in [1.807, 2.05) is 0 Å². The topological polar surface area (TPSA) is 226 Å². The average molecular weight is 715 g/mol. The maximum atomic E-state index is 14.6. The Morgan fingerprint density at radius 3 is 1.92 bits per heavy atom. The average Bonchev–Trinajstić information content (AvgIpc) is 3.57. The number of phenolic OH excluding ortho intramolecular Hbond substituents is 3. The number of carbonyl (C=O) groups excluding carboxylic acids is 1. The Bertz CT molecular complexity index is 2680. The Labute approximate surface area is 283 Å². The summed E-state index contributed by atoms with van der Waals surface area (Å²) < 4.78 is 76.9. The summed E-state index contributed by atoms with van der Waals surface area (Å²) in [5.74, 6) is -1.60. The first kappa shape index (κ1) is 32.6. The molecule has 0 radical (unpaired) electrons. The van der Waals surface area contributed by atoms with E-state index in [1.165, 1.54) is 89.8 Å². The van der Waals surface area contributed by atoms with Crippen LogP contribution in [-0.4, -0.2) is 53.7 Å². The first-order chi connectivity index (χ1) is 23.7. The van der Waals surface area contributed by atoms with Crippen molar-refractivity contribution in [2.75, 3.05) is 11.4 Å². The van der Waals surface area contributed by atoms with Crippen LogP contribution in [0.2, 0.25) is 0 Å². The monoisotopic (exact) mass is 714 g/mol. The van der Waals surface area contributed by atoms with Crippen LogP contribution in [0.4, 0.5) is 11.4 Å². The van der Waals surface area contributed by atoms with Gasteiger partial charge >= 0.3 is 0 Å². The molecule has 0 aliphatic carbocycles. The minimum Gasteiger partial charge on any atom is -0.716 e. The van der Waals surface area contributed by atoms with Crippen molar-refractivity contribution in [1.29, 1.82) is 0 Å². The molecule has 50 heavy (non-hydrogen) atoms. The summed E-state index contributed by atoms with van der Waals surface area (Å²) >= 11 is 0. The lowest BCUT2D eigenvalue weighted by Gasteiger charge is -2.23. The van der Waals surface area contributed by atoms with Crippen molar-refractivity contribution in [3.05, 3.63) is 123 Å². The van der Waals surface area contributed by atoms with Gasteiger partial charge in [-0.25, -0.2) is 21.8 Å². The summed E-state index contributed by atoms with van der Waals surface area (Å²) in [6.07, 6.45) is 0.200. The first-order valence-corrected chi connectivity index (χ1v) is 17.3. The van der Waals surface area contributed by atoms with E-state index in [0.29, 0.717) is 21.9 Å². The third kappa shape index (κ3) is 5.96. The SMILES string of the molecule is O=C1C(c2ccc(O)cc2)=c2c(c(-c3ccc(O)cc3)c(O)c3c2=c2cccc(OS(=O)(=O)[O-])c2=N3)N1CCc1ccc(OS(=O)(=O)[O-])cc1. The number of anilines is 1. The minimum absolute atomic E-state index is 0.0123. The second-order valence-electron chi connectivity index (χ2n) is 11.2. The lowest BCUT2D eigenvalue weighted by Crippen LogP contribution is -2.31. The van der Waals surface area contributed by atoms with Gasteiger partial charge in [0, 0.05) is 22.2 Å². The third-order valence-electron chi connectivity index (χ3n) is 8.14. The molecule has 1 amide bonds. The number of hydrogen-bond acceptors (Lipinski definition) is 13. The summed E-state index contributed by atoms with van der Waals surface area (Å²) in [7, 11) is -10.2. The zero-order valence-corrected chi connectivity index (χ0v) is 26.9. The van der Waals surface area contributed by atoms with Gasteiger partial charge in [0.25, 0.3) is 26.7 Å². The highest BCUT2D eigenvalue weighted by Gasteiger charge is 2.37. The third-order valence-corrected chi connectivity index (χ3v) is 8.92. The molecular weight excluding hydrogens is 693 g/mol. The van der Waals surface area contributed by atoms with E-state index in [-0.39, 0.29) is 74.3 Å². The molecule has 0 atom stereocenters. The highest BCUT2D eigenvalue weighted by atomic mass is 32.3. The van der Waals surface area contributed by atoms with E-state index in [0.717, 1.165) is 0 Å². The van der Waals surface area contributed by atoms with Crippen molar-refractivity contribution in [1.82, 2.24) is 0 Å². The summed E-state index contributed by atoms with van der Waals surface area (Å²) in [4.78, 5) is 20.6. The molecule has 0 saturated carbocycles. The fourth-order valence-corrected chi connectivity index (χ4v) is 6.85. The lowest BCUT2D eigenvalue weighted by atomic mass is 9.95. The highest BCUT2D eigenvalue weighted by molar-refractivity contribution is 7.81. The van der Waals surface area contributed by atoms with Crippen LogP contribution >= 0.6 is 0 Å². The van der Waals surface area contributed by atoms with Crippen LogP contribution in [0.3, 0.4) is 0 Å². The van der Waals surface area contributed by atoms with Crippen molar-refractivity contribution in [2.24, 2.45) is 4.99 Å². The predicted molar refractivity (Wildman–Crippen MR) is 174 cm³/mol. The second kappa shape index (κ2) is 11.9. The number of para-hydroxylation sites is 1. The van der Waals surface area contributed by atoms with E-state index >= 15 is 0 Å².